The van der Waals surface area contributed by atoms with Crippen LogP contribution in [0.15, 0.2) is 48.5 Å². The molecule has 0 spiro atoms. The van der Waals surface area contributed by atoms with E-state index in [2.05, 4.69) is 10.7 Å². The molecule has 4 nitrogen and oxygen atoms in total. The summed E-state index contributed by atoms with van der Waals surface area (Å²) in [6.07, 6.45) is 0. The number of hydrogen-bond acceptors (Lipinski definition) is 3. The Morgan fingerprint density at radius 1 is 1.24 bits per heavy atom. The SMILES string of the molecule is CN(NC(=S)Nc1ccc(C#N)c(Cl)c1)c1ccccc1. The highest BCUT2D eigenvalue weighted by Crippen LogP contribution is 2.20. The quantitative estimate of drug-likeness (QED) is 0.670. The minimum atomic E-state index is 0.390. The van der Waals surface area contributed by atoms with E-state index < -0.39 is 0 Å². The zero-order chi connectivity index (χ0) is 15.2. The molecule has 0 unspecified atom stereocenters. The molecular weight excluding hydrogens is 304 g/mol. The monoisotopic (exact) mass is 316 g/mol. The summed E-state index contributed by atoms with van der Waals surface area (Å²) in [5, 5.41) is 14.5. The van der Waals surface area contributed by atoms with Crippen molar-refractivity contribution < 1.29 is 0 Å². The maximum Gasteiger partial charge on any atom is 0.189 e. The van der Waals surface area contributed by atoms with Crippen molar-refractivity contribution in [1.29, 1.82) is 5.26 Å². The normalized spacial score (nSPS) is 9.57. The fourth-order valence-corrected chi connectivity index (χ4v) is 2.19. The fourth-order valence-electron chi connectivity index (χ4n) is 1.71. The van der Waals surface area contributed by atoms with Crippen molar-refractivity contribution >= 4 is 40.3 Å². The number of thiocarbonyl (C=S) groups is 1. The largest absolute Gasteiger partial charge is 0.331 e. The Morgan fingerprint density at radius 2 is 1.95 bits per heavy atom. The number of anilines is 2. The Labute approximate surface area is 133 Å². The second-order valence-corrected chi connectivity index (χ2v) is 5.08. The van der Waals surface area contributed by atoms with Crippen molar-refractivity contribution in [2.24, 2.45) is 0 Å². The molecule has 0 amide bonds. The molecule has 0 aromatic heterocycles. The summed E-state index contributed by atoms with van der Waals surface area (Å²) in [6, 6.07) is 16.9. The maximum atomic E-state index is 8.84. The van der Waals surface area contributed by atoms with Gasteiger partial charge in [0.15, 0.2) is 5.11 Å². The van der Waals surface area contributed by atoms with E-state index in [1.807, 2.05) is 43.4 Å². The van der Waals surface area contributed by atoms with E-state index in [0.29, 0.717) is 15.7 Å². The van der Waals surface area contributed by atoms with Crippen molar-refractivity contribution in [3.63, 3.8) is 0 Å². The number of halogens is 1. The van der Waals surface area contributed by atoms with Gasteiger partial charge in [0.2, 0.25) is 0 Å². The van der Waals surface area contributed by atoms with Crippen LogP contribution in [0.1, 0.15) is 5.56 Å². The highest BCUT2D eigenvalue weighted by Gasteiger charge is 2.05. The van der Waals surface area contributed by atoms with Gasteiger partial charge >= 0.3 is 0 Å². The van der Waals surface area contributed by atoms with Crippen molar-refractivity contribution in [1.82, 2.24) is 5.43 Å². The predicted octanol–water partition coefficient (Wildman–Crippen LogP) is 3.55. The first-order valence-corrected chi connectivity index (χ1v) is 6.95. The Morgan fingerprint density at radius 3 is 2.57 bits per heavy atom. The molecule has 0 bridgehead atoms. The van der Waals surface area contributed by atoms with Gasteiger partial charge in [-0.05, 0) is 42.5 Å². The molecule has 2 aromatic carbocycles. The molecule has 2 aromatic rings. The number of para-hydroxylation sites is 1. The Hall–Kier alpha value is -2.29. The number of rotatable bonds is 3. The average Bonchev–Trinajstić information content (AvgIpc) is 2.48. The third-order valence-corrected chi connectivity index (χ3v) is 3.27. The van der Waals surface area contributed by atoms with Gasteiger partial charge in [-0.25, -0.2) is 0 Å². The van der Waals surface area contributed by atoms with Gasteiger partial charge < -0.3 is 5.32 Å². The Kier molecular flexibility index (Phi) is 4.99. The van der Waals surface area contributed by atoms with Gasteiger partial charge in [-0.1, -0.05) is 29.8 Å². The molecule has 0 heterocycles. The van der Waals surface area contributed by atoms with E-state index in [-0.39, 0.29) is 0 Å². The zero-order valence-electron chi connectivity index (χ0n) is 11.3. The highest BCUT2D eigenvalue weighted by atomic mass is 35.5. The number of hydrogen-bond donors (Lipinski definition) is 2. The molecule has 0 fully saturated rings. The number of nitrogens with zero attached hydrogens (tertiary/aromatic N) is 2. The van der Waals surface area contributed by atoms with E-state index in [9.17, 15) is 0 Å². The van der Waals surface area contributed by atoms with Crippen LogP contribution in [0.2, 0.25) is 5.02 Å². The molecule has 2 rings (SSSR count). The number of benzene rings is 2. The molecule has 21 heavy (non-hydrogen) atoms. The summed E-state index contributed by atoms with van der Waals surface area (Å²) in [6.45, 7) is 0. The average molecular weight is 317 g/mol. The van der Waals surface area contributed by atoms with E-state index in [4.69, 9.17) is 29.1 Å². The van der Waals surface area contributed by atoms with Crippen molar-refractivity contribution in [3.05, 3.63) is 59.1 Å². The van der Waals surface area contributed by atoms with Crippen molar-refractivity contribution in [2.45, 2.75) is 0 Å². The summed E-state index contributed by atoms with van der Waals surface area (Å²) in [4.78, 5) is 0. The van der Waals surface area contributed by atoms with Crippen LogP contribution in [0, 0.1) is 11.3 Å². The molecule has 0 aliphatic heterocycles. The summed E-state index contributed by atoms with van der Waals surface area (Å²) in [5.74, 6) is 0. The van der Waals surface area contributed by atoms with Crippen LogP contribution in [0.25, 0.3) is 0 Å². The molecule has 0 radical (unpaired) electrons. The van der Waals surface area contributed by atoms with Crippen molar-refractivity contribution in [2.75, 3.05) is 17.4 Å². The van der Waals surface area contributed by atoms with Crippen molar-refractivity contribution in [3.8, 4) is 6.07 Å². The zero-order valence-corrected chi connectivity index (χ0v) is 12.9. The number of hydrazine groups is 1. The standard InChI is InChI=1S/C15H13ClN4S/c1-20(13-5-3-2-4-6-13)19-15(21)18-12-8-7-11(10-17)14(16)9-12/h2-9H,1H3,(H2,18,19,21). The van der Waals surface area contributed by atoms with Gasteiger partial charge in [0.05, 0.1) is 16.3 Å². The molecule has 0 aliphatic rings. The fraction of sp³-hybridized carbons (Fsp3) is 0.0667. The third-order valence-electron chi connectivity index (χ3n) is 2.76. The van der Waals surface area contributed by atoms with Gasteiger partial charge in [-0.15, -0.1) is 0 Å². The second kappa shape index (κ2) is 6.93. The van der Waals surface area contributed by atoms with E-state index in [1.165, 1.54) is 0 Å². The molecule has 0 atom stereocenters. The lowest BCUT2D eigenvalue weighted by molar-refractivity contribution is 0.888. The molecule has 0 saturated carbocycles. The highest BCUT2D eigenvalue weighted by molar-refractivity contribution is 7.80. The first kappa shape index (κ1) is 15.1. The van der Waals surface area contributed by atoms with E-state index in [1.54, 1.807) is 23.2 Å². The second-order valence-electron chi connectivity index (χ2n) is 4.27. The van der Waals surface area contributed by atoms with Crippen LogP contribution in [-0.4, -0.2) is 12.2 Å². The smallest absolute Gasteiger partial charge is 0.189 e. The first-order chi connectivity index (χ1) is 10.1. The molecule has 106 valence electrons. The summed E-state index contributed by atoms with van der Waals surface area (Å²) in [5.41, 5.74) is 5.18. The molecule has 0 aliphatic carbocycles. The van der Waals surface area contributed by atoms with Crippen LogP contribution in [0.3, 0.4) is 0 Å². The summed E-state index contributed by atoms with van der Waals surface area (Å²) < 4.78 is 0. The third kappa shape index (κ3) is 4.09. The van der Waals surface area contributed by atoms with Gasteiger partial charge in [0.1, 0.15) is 6.07 Å². The Bertz CT molecular complexity index is 682. The predicted molar refractivity (Wildman–Crippen MR) is 90.4 cm³/mol. The van der Waals surface area contributed by atoms with Crippen LogP contribution in [0.5, 0.6) is 0 Å². The van der Waals surface area contributed by atoms with Crippen LogP contribution in [-0.2, 0) is 0 Å². The molecule has 0 saturated heterocycles. The lowest BCUT2D eigenvalue weighted by Crippen LogP contribution is -2.41. The molecular formula is C15H13ClN4S. The minimum Gasteiger partial charge on any atom is -0.331 e. The molecule has 2 N–H and O–H groups in total. The van der Waals surface area contributed by atoms with Gasteiger partial charge in [0.25, 0.3) is 0 Å². The summed E-state index contributed by atoms with van der Waals surface area (Å²) in [7, 11) is 1.87. The minimum absolute atomic E-state index is 0.390. The lowest BCUT2D eigenvalue weighted by atomic mass is 10.2. The first-order valence-electron chi connectivity index (χ1n) is 6.16. The maximum absolute atomic E-state index is 8.84. The van der Waals surface area contributed by atoms with Crippen LogP contribution < -0.4 is 15.8 Å². The van der Waals surface area contributed by atoms with Gasteiger partial charge in [-0.3, -0.25) is 10.4 Å². The topological polar surface area (TPSA) is 51.1 Å². The number of nitrogens with one attached hydrogen (secondary N) is 2. The van der Waals surface area contributed by atoms with E-state index in [0.717, 1.165) is 11.4 Å². The number of nitriles is 1. The van der Waals surface area contributed by atoms with Crippen LogP contribution >= 0.6 is 23.8 Å². The lowest BCUT2D eigenvalue weighted by Gasteiger charge is -2.22. The summed E-state index contributed by atoms with van der Waals surface area (Å²) >= 11 is 11.2. The Balaban J connectivity index is 1.99. The molecule has 6 heteroatoms. The van der Waals surface area contributed by atoms with Gasteiger partial charge in [-0.2, -0.15) is 5.26 Å². The van der Waals surface area contributed by atoms with E-state index >= 15 is 0 Å². The van der Waals surface area contributed by atoms with Crippen LogP contribution in [0.4, 0.5) is 11.4 Å². The van der Waals surface area contributed by atoms with Gasteiger partial charge in [0, 0.05) is 12.7 Å².